The lowest BCUT2D eigenvalue weighted by Gasteiger charge is -2.41. The maximum absolute atomic E-state index is 12.7. The van der Waals surface area contributed by atoms with E-state index in [0.29, 0.717) is 41.5 Å². The topological polar surface area (TPSA) is 130 Å². The van der Waals surface area contributed by atoms with Crippen LogP contribution in [0.1, 0.15) is 0 Å². The molecule has 4 rings (SSSR count). The molecule has 152 valence electrons. The van der Waals surface area contributed by atoms with E-state index in [1.165, 1.54) is 11.3 Å². The first-order valence-corrected chi connectivity index (χ1v) is 9.91. The van der Waals surface area contributed by atoms with Gasteiger partial charge in [-0.1, -0.05) is 0 Å². The highest BCUT2D eigenvalue weighted by Gasteiger charge is 2.32. The molecule has 3 aromatic rings. The number of amides is 2. The fourth-order valence-corrected chi connectivity index (χ4v) is 3.97. The van der Waals surface area contributed by atoms with Crippen molar-refractivity contribution in [2.24, 2.45) is 0 Å². The molecule has 0 saturated carbocycles. The number of nitrogens with two attached hydrogens (primary N) is 1. The van der Waals surface area contributed by atoms with Crippen molar-refractivity contribution in [2.75, 3.05) is 49.3 Å². The normalized spacial score (nSPS) is 16.8. The van der Waals surface area contributed by atoms with Gasteiger partial charge in [-0.15, -0.1) is 11.3 Å². The third-order valence-electron chi connectivity index (χ3n) is 4.79. The zero-order chi connectivity index (χ0) is 20.4. The van der Waals surface area contributed by atoms with Crippen molar-refractivity contribution >= 4 is 45.2 Å². The second kappa shape index (κ2) is 8.05. The van der Waals surface area contributed by atoms with Crippen LogP contribution in [0.4, 0.5) is 22.2 Å². The highest BCUT2D eigenvalue weighted by molar-refractivity contribution is 7.16. The number of nitrogen functional groups attached to an aromatic ring is 1. The quantitative estimate of drug-likeness (QED) is 0.583. The largest absolute Gasteiger partial charge is 0.497 e. The number of anilines is 3. The molecule has 1 saturated heterocycles. The Kier molecular flexibility index (Phi) is 5.32. The standard InChI is InChI=1S/C18H21N7O3S/c1-28-13-4-2-11(3-5-13)21-18(27)24-6-7-25(12(8-24)9-26)15-14-16(29-10-20-14)23-17(19)22-15/h2-5,10,12,26H,6-9H2,1H3,(H,21,27)(H2,19,22,23). The fourth-order valence-electron chi connectivity index (χ4n) is 3.32. The number of benzene rings is 1. The highest BCUT2D eigenvalue weighted by Crippen LogP contribution is 2.29. The molecule has 1 atom stereocenters. The van der Waals surface area contributed by atoms with E-state index in [1.807, 2.05) is 4.90 Å². The number of methoxy groups -OCH3 is 1. The van der Waals surface area contributed by atoms with E-state index in [1.54, 1.807) is 41.8 Å². The van der Waals surface area contributed by atoms with Crippen molar-refractivity contribution in [3.05, 3.63) is 29.8 Å². The molecule has 10 nitrogen and oxygen atoms in total. The molecule has 2 amide bonds. The SMILES string of the molecule is COc1ccc(NC(=O)N2CCN(c3nc(N)nc4scnc34)C(CO)C2)cc1. The van der Waals surface area contributed by atoms with Gasteiger partial charge in [0, 0.05) is 25.3 Å². The summed E-state index contributed by atoms with van der Waals surface area (Å²) in [5.41, 5.74) is 8.86. The molecule has 0 radical (unpaired) electrons. The number of fused-ring (bicyclic) bond motifs is 1. The van der Waals surface area contributed by atoms with Crippen molar-refractivity contribution in [1.82, 2.24) is 19.9 Å². The Balaban J connectivity index is 1.49. The van der Waals surface area contributed by atoms with Crippen LogP contribution in [0.15, 0.2) is 29.8 Å². The summed E-state index contributed by atoms with van der Waals surface area (Å²) in [4.78, 5) is 29.9. The lowest BCUT2D eigenvalue weighted by molar-refractivity contribution is 0.174. The van der Waals surface area contributed by atoms with Gasteiger partial charge in [0.2, 0.25) is 5.95 Å². The molecule has 1 aromatic carbocycles. The highest BCUT2D eigenvalue weighted by atomic mass is 32.1. The first kappa shape index (κ1) is 19.2. The second-order valence-electron chi connectivity index (χ2n) is 6.55. The van der Waals surface area contributed by atoms with E-state index in [2.05, 4.69) is 20.3 Å². The number of urea groups is 1. The molecule has 4 N–H and O–H groups in total. The minimum atomic E-state index is -0.329. The van der Waals surface area contributed by atoms with Gasteiger partial charge in [-0.25, -0.2) is 14.8 Å². The molecule has 0 aliphatic carbocycles. The number of ether oxygens (including phenoxy) is 1. The Morgan fingerprint density at radius 3 is 2.86 bits per heavy atom. The number of carbonyl (C=O) groups excluding carboxylic acids is 1. The van der Waals surface area contributed by atoms with Crippen molar-refractivity contribution < 1.29 is 14.6 Å². The predicted octanol–water partition coefficient (Wildman–Crippen LogP) is 1.39. The lowest BCUT2D eigenvalue weighted by Crippen LogP contribution is -2.57. The molecule has 1 fully saturated rings. The van der Waals surface area contributed by atoms with E-state index in [0.717, 1.165) is 5.75 Å². The Morgan fingerprint density at radius 1 is 1.34 bits per heavy atom. The summed E-state index contributed by atoms with van der Waals surface area (Å²) in [6.45, 7) is 1.16. The number of aromatic nitrogens is 3. The van der Waals surface area contributed by atoms with Crippen LogP contribution in [0, 0.1) is 0 Å². The van der Waals surface area contributed by atoms with Crippen LogP contribution in [0.25, 0.3) is 10.3 Å². The van der Waals surface area contributed by atoms with Gasteiger partial charge in [0.05, 0.1) is 25.3 Å². The maximum Gasteiger partial charge on any atom is 0.321 e. The van der Waals surface area contributed by atoms with Gasteiger partial charge in [0.15, 0.2) is 10.6 Å². The van der Waals surface area contributed by atoms with Crippen LogP contribution in [-0.4, -0.2) is 70.4 Å². The first-order valence-electron chi connectivity index (χ1n) is 9.03. The number of rotatable bonds is 4. The number of nitrogens with zero attached hydrogens (tertiary/aromatic N) is 5. The number of aliphatic hydroxyl groups excluding tert-OH is 1. The van der Waals surface area contributed by atoms with Crippen molar-refractivity contribution in [3.8, 4) is 5.75 Å². The molecule has 0 bridgehead atoms. The van der Waals surface area contributed by atoms with Crippen LogP contribution in [0.3, 0.4) is 0 Å². The van der Waals surface area contributed by atoms with Crippen LogP contribution in [0.2, 0.25) is 0 Å². The number of thiazole rings is 1. The zero-order valence-corrected chi connectivity index (χ0v) is 16.6. The summed E-state index contributed by atoms with van der Waals surface area (Å²) in [5, 5.41) is 12.8. The van der Waals surface area contributed by atoms with E-state index >= 15 is 0 Å². The minimum absolute atomic E-state index is 0.137. The number of aliphatic hydroxyl groups is 1. The van der Waals surface area contributed by atoms with Gasteiger partial charge in [-0.3, -0.25) is 0 Å². The molecule has 1 aliphatic rings. The summed E-state index contributed by atoms with van der Waals surface area (Å²) in [5.74, 6) is 1.46. The van der Waals surface area contributed by atoms with Gasteiger partial charge in [-0.2, -0.15) is 4.98 Å². The molecule has 0 spiro atoms. The fraction of sp³-hybridized carbons (Fsp3) is 0.333. The number of carbonyl (C=O) groups is 1. The van der Waals surface area contributed by atoms with Crippen LogP contribution in [-0.2, 0) is 0 Å². The van der Waals surface area contributed by atoms with Gasteiger partial charge < -0.3 is 30.7 Å². The van der Waals surface area contributed by atoms with Crippen LogP contribution >= 0.6 is 11.3 Å². The summed E-state index contributed by atoms with van der Waals surface area (Å²) in [7, 11) is 1.59. The summed E-state index contributed by atoms with van der Waals surface area (Å²) in [6.07, 6.45) is 0. The predicted molar refractivity (Wildman–Crippen MR) is 111 cm³/mol. The average molecular weight is 415 g/mol. The third-order valence-corrected chi connectivity index (χ3v) is 5.51. The van der Waals surface area contributed by atoms with Gasteiger partial charge in [-0.05, 0) is 24.3 Å². The Labute approximate surface area is 170 Å². The average Bonchev–Trinajstić information content (AvgIpc) is 3.21. The molecule has 1 unspecified atom stereocenters. The summed E-state index contributed by atoms with van der Waals surface area (Å²) in [6, 6.07) is 6.56. The molecular formula is C18H21N7O3S. The van der Waals surface area contributed by atoms with E-state index in [9.17, 15) is 9.90 Å². The minimum Gasteiger partial charge on any atom is -0.497 e. The molecule has 1 aliphatic heterocycles. The molecule has 3 heterocycles. The third kappa shape index (κ3) is 3.87. The van der Waals surface area contributed by atoms with E-state index in [4.69, 9.17) is 10.5 Å². The second-order valence-corrected chi connectivity index (χ2v) is 7.38. The Bertz CT molecular complexity index is 1010. The van der Waals surface area contributed by atoms with E-state index in [-0.39, 0.29) is 24.6 Å². The van der Waals surface area contributed by atoms with Crippen molar-refractivity contribution in [2.45, 2.75) is 6.04 Å². The molecule has 29 heavy (non-hydrogen) atoms. The number of piperazine rings is 1. The number of hydrogen-bond acceptors (Lipinski definition) is 9. The molecule has 2 aromatic heterocycles. The van der Waals surface area contributed by atoms with Gasteiger partial charge >= 0.3 is 6.03 Å². The first-order chi connectivity index (χ1) is 14.1. The van der Waals surface area contributed by atoms with Crippen molar-refractivity contribution in [3.63, 3.8) is 0 Å². The summed E-state index contributed by atoms with van der Waals surface area (Å²) >= 11 is 1.38. The van der Waals surface area contributed by atoms with Gasteiger partial charge in [0.1, 0.15) is 11.3 Å². The molecular weight excluding hydrogens is 394 g/mol. The maximum atomic E-state index is 12.7. The van der Waals surface area contributed by atoms with Crippen molar-refractivity contribution in [1.29, 1.82) is 0 Å². The summed E-state index contributed by atoms with van der Waals surface area (Å²) < 4.78 is 5.13. The number of nitrogens with one attached hydrogen (secondary N) is 1. The Morgan fingerprint density at radius 2 is 2.14 bits per heavy atom. The van der Waals surface area contributed by atoms with E-state index < -0.39 is 0 Å². The molecule has 11 heteroatoms. The number of hydrogen-bond donors (Lipinski definition) is 3. The van der Waals surface area contributed by atoms with Crippen LogP contribution < -0.4 is 20.7 Å². The Hall–Kier alpha value is -3.18. The lowest BCUT2D eigenvalue weighted by atomic mass is 10.1. The zero-order valence-electron chi connectivity index (χ0n) is 15.8. The monoisotopic (exact) mass is 415 g/mol. The van der Waals surface area contributed by atoms with Gasteiger partial charge in [0.25, 0.3) is 0 Å². The smallest absolute Gasteiger partial charge is 0.321 e. The van der Waals surface area contributed by atoms with Crippen LogP contribution in [0.5, 0.6) is 5.75 Å².